The Morgan fingerprint density at radius 3 is 2.32 bits per heavy atom. The summed E-state index contributed by atoms with van der Waals surface area (Å²) in [7, 11) is 0. The van der Waals surface area contributed by atoms with Crippen LogP contribution in [0, 0.1) is 0 Å². The van der Waals surface area contributed by atoms with E-state index in [-0.39, 0.29) is 11.7 Å². The standard InChI is InChI=1S/C26H26N2O3/c1-15(2)19-6-5-7-20-24(31-16(3)4)14-23(28-25(19)20)22-13-12-21(27-22)17-8-10-18(11-9-17)26(29)30/h5-16,27H,1-4H3,(H,29,30). The van der Waals surface area contributed by atoms with Crippen LogP contribution in [0.3, 0.4) is 0 Å². The number of fused-ring (bicyclic) bond motifs is 1. The number of aromatic amines is 1. The molecule has 0 saturated heterocycles. The molecule has 0 unspecified atom stereocenters. The van der Waals surface area contributed by atoms with Crippen LogP contribution in [-0.2, 0) is 0 Å². The Balaban J connectivity index is 1.81. The van der Waals surface area contributed by atoms with E-state index in [9.17, 15) is 4.79 Å². The molecule has 0 aliphatic rings. The Morgan fingerprint density at radius 2 is 1.68 bits per heavy atom. The van der Waals surface area contributed by atoms with Gasteiger partial charge in [-0.05, 0) is 61.2 Å². The third kappa shape index (κ3) is 4.17. The molecule has 0 bridgehead atoms. The highest BCUT2D eigenvalue weighted by Crippen LogP contribution is 2.35. The Morgan fingerprint density at radius 1 is 0.968 bits per heavy atom. The van der Waals surface area contributed by atoms with Gasteiger partial charge in [0.05, 0.1) is 28.6 Å². The molecule has 0 spiro atoms. The van der Waals surface area contributed by atoms with Crippen LogP contribution in [0.2, 0.25) is 0 Å². The van der Waals surface area contributed by atoms with Crippen LogP contribution in [0.25, 0.3) is 33.5 Å². The van der Waals surface area contributed by atoms with Gasteiger partial charge in [0.2, 0.25) is 0 Å². The number of aromatic carboxylic acids is 1. The van der Waals surface area contributed by atoms with Crippen molar-refractivity contribution in [3.05, 3.63) is 71.8 Å². The summed E-state index contributed by atoms with van der Waals surface area (Å²) >= 11 is 0. The first-order valence-corrected chi connectivity index (χ1v) is 10.5. The second-order valence-electron chi connectivity index (χ2n) is 8.24. The van der Waals surface area contributed by atoms with Crippen molar-refractivity contribution in [2.24, 2.45) is 0 Å². The molecule has 31 heavy (non-hydrogen) atoms. The van der Waals surface area contributed by atoms with E-state index in [0.29, 0.717) is 5.92 Å². The summed E-state index contributed by atoms with van der Waals surface area (Å²) in [5, 5.41) is 10.1. The second-order valence-corrected chi connectivity index (χ2v) is 8.24. The number of nitrogens with zero attached hydrogens (tertiary/aromatic N) is 1. The number of pyridine rings is 1. The van der Waals surface area contributed by atoms with Gasteiger partial charge in [-0.15, -0.1) is 0 Å². The van der Waals surface area contributed by atoms with Gasteiger partial charge in [-0.25, -0.2) is 9.78 Å². The number of hydrogen-bond donors (Lipinski definition) is 2. The van der Waals surface area contributed by atoms with Crippen LogP contribution >= 0.6 is 0 Å². The van der Waals surface area contributed by atoms with Crippen LogP contribution in [0.15, 0.2) is 60.7 Å². The zero-order chi connectivity index (χ0) is 22.1. The zero-order valence-corrected chi connectivity index (χ0v) is 18.1. The molecule has 5 nitrogen and oxygen atoms in total. The number of ether oxygens (including phenoxy) is 1. The Labute approximate surface area is 181 Å². The lowest BCUT2D eigenvalue weighted by molar-refractivity contribution is 0.0697. The molecule has 4 aromatic rings. The number of rotatable bonds is 6. The number of aromatic nitrogens is 2. The predicted octanol–water partition coefficient (Wildman–Crippen LogP) is 6.51. The van der Waals surface area contributed by atoms with Crippen molar-refractivity contribution >= 4 is 16.9 Å². The summed E-state index contributed by atoms with van der Waals surface area (Å²) in [6.45, 7) is 8.37. The summed E-state index contributed by atoms with van der Waals surface area (Å²) < 4.78 is 6.14. The molecule has 0 saturated carbocycles. The molecule has 0 aliphatic heterocycles. The third-order valence-corrected chi connectivity index (χ3v) is 5.22. The van der Waals surface area contributed by atoms with Gasteiger partial charge in [-0.1, -0.05) is 38.1 Å². The van der Waals surface area contributed by atoms with Gasteiger partial charge in [-0.2, -0.15) is 0 Å². The number of nitrogens with one attached hydrogen (secondary N) is 1. The molecule has 2 aromatic heterocycles. The monoisotopic (exact) mass is 414 g/mol. The number of benzene rings is 2. The summed E-state index contributed by atoms with van der Waals surface area (Å²) in [6, 6.07) is 19.0. The quantitative estimate of drug-likeness (QED) is 0.377. The summed E-state index contributed by atoms with van der Waals surface area (Å²) in [5.41, 5.74) is 5.91. The Kier molecular flexibility index (Phi) is 5.51. The van der Waals surface area contributed by atoms with Gasteiger partial charge < -0.3 is 14.8 Å². The smallest absolute Gasteiger partial charge is 0.335 e. The summed E-state index contributed by atoms with van der Waals surface area (Å²) in [4.78, 5) is 19.5. The highest BCUT2D eigenvalue weighted by atomic mass is 16.5. The molecule has 0 amide bonds. The molecule has 2 aromatic carbocycles. The van der Waals surface area contributed by atoms with Gasteiger partial charge in [0.15, 0.2) is 0 Å². The van der Waals surface area contributed by atoms with Crippen molar-refractivity contribution in [2.75, 3.05) is 0 Å². The van der Waals surface area contributed by atoms with Crippen molar-refractivity contribution in [1.82, 2.24) is 9.97 Å². The molecule has 0 radical (unpaired) electrons. The molecule has 158 valence electrons. The topological polar surface area (TPSA) is 75.2 Å². The van der Waals surface area contributed by atoms with Crippen LogP contribution in [0.5, 0.6) is 5.75 Å². The fourth-order valence-electron chi connectivity index (χ4n) is 3.70. The zero-order valence-electron chi connectivity index (χ0n) is 18.1. The maximum atomic E-state index is 11.1. The normalized spacial score (nSPS) is 11.4. The van der Waals surface area contributed by atoms with Gasteiger partial charge in [0.25, 0.3) is 0 Å². The fourth-order valence-corrected chi connectivity index (χ4v) is 3.70. The number of carboxylic acid groups (broad SMARTS) is 1. The molecular formula is C26H26N2O3. The molecule has 4 rings (SSSR count). The highest BCUT2D eigenvalue weighted by molar-refractivity contribution is 5.91. The van der Waals surface area contributed by atoms with Gasteiger partial charge >= 0.3 is 5.97 Å². The lowest BCUT2D eigenvalue weighted by Crippen LogP contribution is -2.07. The van der Waals surface area contributed by atoms with E-state index in [4.69, 9.17) is 14.8 Å². The maximum absolute atomic E-state index is 11.1. The minimum Gasteiger partial charge on any atom is -0.490 e. The lowest BCUT2D eigenvalue weighted by atomic mass is 9.99. The number of hydrogen-bond acceptors (Lipinski definition) is 3. The van der Waals surface area contributed by atoms with E-state index in [1.54, 1.807) is 24.3 Å². The van der Waals surface area contributed by atoms with Crippen LogP contribution in [0.4, 0.5) is 0 Å². The van der Waals surface area contributed by atoms with Crippen molar-refractivity contribution in [3.63, 3.8) is 0 Å². The summed E-state index contributed by atoms with van der Waals surface area (Å²) in [6.07, 6.45) is 0.0492. The molecular weight excluding hydrogens is 388 g/mol. The van der Waals surface area contributed by atoms with E-state index in [1.807, 2.05) is 32.0 Å². The van der Waals surface area contributed by atoms with E-state index in [0.717, 1.165) is 39.3 Å². The van der Waals surface area contributed by atoms with Crippen molar-refractivity contribution < 1.29 is 14.6 Å². The van der Waals surface area contributed by atoms with E-state index in [1.165, 1.54) is 5.56 Å². The minimum absolute atomic E-state index is 0.0492. The van der Waals surface area contributed by atoms with Gasteiger partial charge in [-0.3, -0.25) is 0 Å². The first kappa shape index (κ1) is 20.7. The van der Waals surface area contributed by atoms with Crippen molar-refractivity contribution in [2.45, 2.75) is 39.7 Å². The Bertz CT molecular complexity index is 1240. The van der Waals surface area contributed by atoms with E-state index < -0.39 is 5.97 Å². The van der Waals surface area contributed by atoms with Gasteiger partial charge in [0, 0.05) is 17.1 Å². The SMILES string of the molecule is CC(C)Oc1cc(-c2ccc(-c3ccc(C(=O)O)cc3)[nH]2)nc2c(C(C)C)cccc12. The van der Waals surface area contributed by atoms with Crippen LogP contribution in [0.1, 0.15) is 49.5 Å². The van der Waals surface area contributed by atoms with Crippen molar-refractivity contribution in [3.8, 4) is 28.4 Å². The fraction of sp³-hybridized carbons (Fsp3) is 0.231. The average Bonchev–Trinajstić information content (AvgIpc) is 3.23. The van der Waals surface area contributed by atoms with E-state index in [2.05, 4.69) is 37.0 Å². The van der Waals surface area contributed by atoms with E-state index >= 15 is 0 Å². The first-order chi connectivity index (χ1) is 14.8. The molecule has 2 heterocycles. The molecule has 0 atom stereocenters. The lowest BCUT2D eigenvalue weighted by Gasteiger charge is -2.16. The maximum Gasteiger partial charge on any atom is 0.335 e. The molecule has 0 aliphatic carbocycles. The minimum atomic E-state index is -0.933. The number of carboxylic acids is 1. The second kappa shape index (κ2) is 8.26. The number of carbonyl (C=O) groups is 1. The predicted molar refractivity (Wildman–Crippen MR) is 124 cm³/mol. The highest BCUT2D eigenvalue weighted by Gasteiger charge is 2.15. The number of para-hydroxylation sites is 1. The molecule has 0 fully saturated rings. The Hall–Kier alpha value is -3.60. The molecule has 2 N–H and O–H groups in total. The van der Waals surface area contributed by atoms with Gasteiger partial charge in [0.1, 0.15) is 5.75 Å². The van der Waals surface area contributed by atoms with Crippen LogP contribution in [-0.4, -0.2) is 27.1 Å². The third-order valence-electron chi connectivity index (χ3n) is 5.22. The van der Waals surface area contributed by atoms with Crippen molar-refractivity contribution in [1.29, 1.82) is 0 Å². The molecule has 5 heteroatoms. The number of H-pyrrole nitrogens is 1. The largest absolute Gasteiger partial charge is 0.490 e. The average molecular weight is 415 g/mol. The first-order valence-electron chi connectivity index (χ1n) is 10.5. The summed E-state index contributed by atoms with van der Waals surface area (Å²) in [5.74, 6) is 0.225. The van der Waals surface area contributed by atoms with Crippen LogP contribution < -0.4 is 4.74 Å².